The number of hydrogen-bond donors (Lipinski definition) is 1. The highest BCUT2D eigenvalue weighted by Crippen LogP contribution is 2.33. The molecule has 0 saturated heterocycles. The zero-order chi connectivity index (χ0) is 17.1. The summed E-state index contributed by atoms with van der Waals surface area (Å²) in [4.78, 5) is 8.03. The van der Waals surface area contributed by atoms with Crippen molar-refractivity contribution in [2.45, 2.75) is 12.6 Å². The van der Waals surface area contributed by atoms with Crippen LogP contribution >= 0.6 is 11.3 Å². The molecule has 0 aliphatic heterocycles. The van der Waals surface area contributed by atoms with E-state index in [0.29, 0.717) is 5.75 Å². The average Bonchev–Trinajstić information content (AvgIpc) is 3.23. The summed E-state index contributed by atoms with van der Waals surface area (Å²) in [6, 6.07) is 9.60. The summed E-state index contributed by atoms with van der Waals surface area (Å²) < 4.78 is 7.53. The predicted molar refractivity (Wildman–Crippen MR) is 96.6 cm³/mol. The van der Waals surface area contributed by atoms with Gasteiger partial charge in [-0.1, -0.05) is 6.07 Å². The molecule has 1 atom stereocenters. The van der Waals surface area contributed by atoms with E-state index in [9.17, 15) is 5.11 Å². The van der Waals surface area contributed by atoms with Gasteiger partial charge in [0.2, 0.25) is 0 Å². The molecule has 0 unspecified atom stereocenters. The molecule has 3 rings (SSSR count). The number of thiophene rings is 1. The van der Waals surface area contributed by atoms with Gasteiger partial charge in [0.25, 0.3) is 0 Å². The van der Waals surface area contributed by atoms with Crippen molar-refractivity contribution < 1.29 is 9.84 Å². The van der Waals surface area contributed by atoms with E-state index in [1.807, 2.05) is 12.3 Å². The highest BCUT2D eigenvalue weighted by atomic mass is 32.1. The van der Waals surface area contributed by atoms with Crippen LogP contribution in [0.1, 0.15) is 10.9 Å². The fourth-order valence-corrected chi connectivity index (χ4v) is 3.65. The first-order chi connectivity index (χ1) is 11.6. The van der Waals surface area contributed by atoms with Crippen molar-refractivity contribution in [3.8, 4) is 22.9 Å². The van der Waals surface area contributed by atoms with Crippen LogP contribution in [0.5, 0.6) is 11.5 Å². The number of imidazole rings is 1. The van der Waals surface area contributed by atoms with Crippen molar-refractivity contribution in [1.29, 1.82) is 0 Å². The molecular formula is C18H21N3O2S. The lowest BCUT2D eigenvalue weighted by atomic mass is 10.1. The van der Waals surface area contributed by atoms with Crippen molar-refractivity contribution in [1.82, 2.24) is 14.5 Å². The van der Waals surface area contributed by atoms with Crippen LogP contribution in [0.4, 0.5) is 0 Å². The van der Waals surface area contributed by atoms with E-state index in [0.717, 1.165) is 17.9 Å². The summed E-state index contributed by atoms with van der Waals surface area (Å²) in [7, 11) is 5.77. The van der Waals surface area contributed by atoms with Crippen molar-refractivity contribution >= 4 is 11.3 Å². The second-order valence-corrected chi connectivity index (χ2v) is 6.76. The molecule has 2 aromatic heterocycles. The van der Waals surface area contributed by atoms with Gasteiger partial charge in [0.1, 0.15) is 17.3 Å². The molecule has 0 aliphatic carbocycles. The third-order valence-electron chi connectivity index (χ3n) is 4.01. The first kappa shape index (κ1) is 16.5. The smallest absolute Gasteiger partial charge is 0.143 e. The van der Waals surface area contributed by atoms with Gasteiger partial charge in [0, 0.05) is 29.9 Å². The lowest BCUT2D eigenvalue weighted by molar-refractivity contribution is 0.273. The van der Waals surface area contributed by atoms with Gasteiger partial charge in [-0.15, -0.1) is 11.3 Å². The lowest BCUT2D eigenvalue weighted by Gasteiger charge is -2.24. The van der Waals surface area contributed by atoms with Crippen LogP contribution in [-0.2, 0) is 6.54 Å². The van der Waals surface area contributed by atoms with Crippen molar-refractivity contribution in [2.24, 2.45) is 0 Å². The second kappa shape index (κ2) is 7.07. The van der Waals surface area contributed by atoms with E-state index in [4.69, 9.17) is 4.74 Å². The number of rotatable bonds is 6. The van der Waals surface area contributed by atoms with Gasteiger partial charge < -0.3 is 19.3 Å². The van der Waals surface area contributed by atoms with Crippen LogP contribution < -0.4 is 4.74 Å². The molecule has 126 valence electrons. The van der Waals surface area contributed by atoms with Crippen molar-refractivity contribution in [3.63, 3.8) is 0 Å². The molecule has 1 aromatic carbocycles. The Morgan fingerprint density at radius 2 is 2.17 bits per heavy atom. The minimum atomic E-state index is 0.179. The van der Waals surface area contributed by atoms with Gasteiger partial charge in [-0.05, 0) is 37.7 Å². The quantitative estimate of drug-likeness (QED) is 0.742. The summed E-state index contributed by atoms with van der Waals surface area (Å²) in [6.45, 7) is 0.785. The molecule has 0 bridgehead atoms. The number of ether oxygens (including phenoxy) is 1. The number of methoxy groups -OCH3 is 1. The zero-order valence-electron chi connectivity index (χ0n) is 14.0. The Hall–Kier alpha value is -2.31. The molecule has 0 amide bonds. The van der Waals surface area contributed by atoms with Crippen LogP contribution in [0, 0.1) is 0 Å². The van der Waals surface area contributed by atoms with Crippen LogP contribution in [-0.4, -0.2) is 40.8 Å². The molecular weight excluding hydrogens is 322 g/mol. The summed E-state index contributed by atoms with van der Waals surface area (Å²) in [6.07, 6.45) is 3.77. The maximum absolute atomic E-state index is 9.67. The molecule has 3 aromatic rings. The molecule has 0 spiro atoms. The molecule has 5 nitrogen and oxygen atoms in total. The topological polar surface area (TPSA) is 50.5 Å². The molecule has 0 fully saturated rings. The molecule has 1 N–H and O–H groups in total. The number of aromatic hydroxyl groups is 1. The van der Waals surface area contributed by atoms with Crippen LogP contribution in [0.3, 0.4) is 0 Å². The Kier molecular flexibility index (Phi) is 4.87. The van der Waals surface area contributed by atoms with Gasteiger partial charge >= 0.3 is 0 Å². The monoisotopic (exact) mass is 343 g/mol. The summed E-state index contributed by atoms with van der Waals surface area (Å²) in [5.41, 5.74) is 0.865. The highest BCUT2D eigenvalue weighted by Gasteiger charge is 2.19. The van der Waals surface area contributed by atoms with E-state index in [1.54, 1.807) is 36.8 Å². The molecule has 6 heteroatoms. The third-order valence-corrected chi connectivity index (χ3v) is 4.98. The number of phenolic OH excluding ortho intramolecular Hbond substituents is 1. The standard InChI is InChI=1S/C18H21N3O2S/c1-20(2)15(17-5-4-10-24-17)12-21-9-8-19-18(21)14-7-6-13(22)11-16(14)23-3/h4-11,15,22H,12H2,1-3H3/t15-/m1/s1. The second-order valence-electron chi connectivity index (χ2n) is 5.78. The molecule has 0 saturated carbocycles. The summed E-state index contributed by atoms with van der Waals surface area (Å²) in [5, 5.41) is 11.8. The number of aromatic nitrogens is 2. The van der Waals surface area contributed by atoms with Gasteiger partial charge in [0.05, 0.1) is 18.7 Å². The minimum absolute atomic E-state index is 0.179. The SMILES string of the molecule is COc1cc(O)ccc1-c1nccn1C[C@H](c1cccs1)N(C)C. The fraction of sp³-hybridized carbons (Fsp3) is 0.278. The first-order valence-electron chi connectivity index (χ1n) is 7.68. The molecule has 0 aliphatic rings. The highest BCUT2D eigenvalue weighted by molar-refractivity contribution is 7.10. The average molecular weight is 343 g/mol. The van der Waals surface area contributed by atoms with E-state index in [1.165, 1.54) is 4.88 Å². The van der Waals surface area contributed by atoms with Gasteiger partial charge in [-0.25, -0.2) is 4.98 Å². The van der Waals surface area contributed by atoms with E-state index in [-0.39, 0.29) is 11.8 Å². The van der Waals surface area contributed by atoms with Crippen LogP contribution in [0.15, 0.2) is 48.1 Å². The van der Waals surface area contributed by atoms with E-state index < -0.39 is 0 Å². The molecule has 0 radical (unpaired) electrons. The van der Waals surface area contributed by atoms with Gasteiger partial charge in [-0.2, -0.15) is 0 Å². The number of likely N-dealkylation sites (N-methyl/N-ethyl adjacent to an activating group) is 1. The summed E-state index contributed by atoms with van der Waals surface area (Å²) in [5.74, 6) is 1.62. The number of hydrogen-bond acceptors (Lipinski definition) is 5. The number of nitrogens with zero attached hydrogens (tertiary/aromatic N) is 3. The third kappa shape index (κ3) is 3.29. The Balaban J connectivity index is 1.96. The Morgan fingerprint density at radius 1 is 1.33 bits per heavy atom. The number of benzene rings is 1. The Labute approximate surface area is 145 Å². The number of phenols is 1. The molecule has 2 heterocycles. The van der Waals surface area contributed by atoms with E-state index >= 15 is 0 Å². The fourth-order valence-electron chi connectivity index (χ4n) is 2.74. The van der Waals surface area contributed by atoms with Crippen LogP contribution in [0.2, 0.25) is 0 Å². The van der Waals surface area contributed by atoms with Gasteiger partial charge in [-0.3, -0.25) is 0 Å². The summed E-state index contributed by atoms with van der Waals surface area (Å²) >= 11 is 1.76. The van der Waals surface area contributed by atoms with E-state index in [2.05, 4.69) is 46.1 Å². The van der Waals surface area contributed by atoms with Crippen molar-refractivity contribution in [2.75, 3.05) is 21.2 Å². The molecule has 24 heavy (non-hydrogen) atoms. The lowest BCUT2D eigenvalue weighted by Crippen LogP contribution is -2.24. The first-order valence-corrected chi connectivity index (χ1v) is 8.56. The maximum atomic E-state index is 9.67. The normalized spacial score (nSPS) is 12.5. The largest absolute Gasteiger partial charge is 0.508 e. The predicted octanol–water partition coefficient (Wildman–Crippen LogP) is 3.63. The van der Waals surface area contributed by atoms with Crippen molar-refractivity contribution in [3.05, 3.63) is 53.0 Å². The van der Waals surface area contributed by atoms with Crippen LogP contribution in [0.25, 0.3) is 11.4 Å². The Morgan fingerprint density at radius 3 is 2.83 bits per heavy atom. The van der Waals surface area contributed by atoms with Gasteiger partial charge in [0.15, 0.2) is 0 Å². The minimum Gasteiger partial charge on any atom is -0.508 e. The Bertz CT molecular complexity index is 796. The maximum Gasteiger partial charge on any atom is 0.143 e. The zero-order valence-corrected chi connectivity index (χ0v) is 14.8.